The molecule has 2 N–H and O–H groups in total. The molecule has 0 radical (unpaired) electrons. The van der Waals surface area contributed by atoms with Gasteiger partial charge in [-0.2, -0.15) is 11.8 Å². The minimum atomic E-state index is -0.792. The number of rotatable bonds is 10. The van der Waals surface area contributed by atoms with Crippen molar-refractivity contribution in [2.45, 2.75) is 18.5 Å². The van der Waals surface area contributed by atoms with Gasteiger partial charge in [-0.15, -0.1) is 0 Å². The van der Waals surface area contributed by atoms with E-state index in [9.17, 15) is 19.7 Å². The SMILES string of the molecule is CSCCC(NC(=O)c1cccc([N+](=O)[O-])c1)C(=O)NC(c1ccccc1)c1ccccc1. The van der Waals surface area contributed by atoms with Crippen LogP contribution in [0.25, 0.3) is 0 Å². The second kappa shape index (κ2) is 11.8. The molecule has 0 aliphatic rings. The van der Waals surface area contributed by atoms with Crippen molar-refractivity contribution >= 4 is 29.3 Å². The molecule has 33 heavy (non-hydrogen) atoms. The molecule has 0 aliphatic carbocycles. The zero-order valence-electron chi connectivity index (χ0n) is 18.1. The molecular weight excluding hydrogens is 438 g/mol. The number of benzene rings is 3. The third kappa shape index (κ3) is 6.66. The van der Waals surface area contributed by atoms with Crippen LogP contribution in [0.3, 0.4) is 0 Å². The number of amides is 2. The molecule has 0 fully saturated rings. The second-order valence-electron chi connectivity index (χ2n) is 7.38. The van der Waals surface area contributed by atoms with Crippen LogP contribution in [-0.4, -0.2) is 34.8 Å². The largest absolute Gasteiger partial charge is 0.343 e. The first-order chi connectivity index (χ1) is 16.0. The molecule has 2 amide bonds. The smallest absolute Gasteiger partial charge is 0.270 e. The van der Waals surface area contributed by atoms with E-state index in [0.29, 0.717) is 12.2 Å². The summed E-state index contributed by atoms with van der Waals surface area (Å²) in [6, 6.07) is 23.5. The van der Waals surface area contributed by atoms with E-state index in [1.54, 1.807) is 11.8 Å². The van der Waals surface area contributed by atoms with Crippen molar-refractivity contribution in [3.8, 4) is 0 Å². The van der Waals surface area contributed by atoms with Gasteiger partial charge in [-0.1, -0.05) is 66.7 Å². The predicted molar refractivity (Wildman–Crippen MR) is 130 cm³/mol. The molecule has 0 spiro atoms. The van der Waals surface area contributed by atoms with Crippen LogP contribution >= 0.6 is 11.8 Å². The van der Waals surface area contributed by atoms with Crippen LogP contribution in [0.4, 0.5) is 5.69 Å². The van der Waals surface area contributed by atoms with Crippen molar-refractivity contribution in [3.05, 3.63) is 112 Å². The average molecular weight is 464 g/mol. The lowest BCUT2D eigenvalue weighted by molar-refractivity contribution is -0.384. The summed E-state index contributed by atoms with van der Waals surface area (Å²) in [6.07, 6.45) is 2.35. The molecule has 170 valence electrons. The van der Waals surface area contributed by atoms with Crippen LogP contribution in [0, 0.1) is 10.1 Å². The summed E-state index contributed by atoms with van der Waals surface area (Å²) in [5.74, 6) is -0.189. The zero-order valence-corrected chi connectivity index (χ0v) is 19.0. The molecule has 3 aromatic rings. The second-order valence-corrected chi connectivity index (χ2v) is 8.36. The van der Waals surface area contributed by atoms with Gasteiger partial charge in [-0.05, 0) is 35.6 Å². The van der Waals surface area contributed by atoms with Crippen molar-refractivity contribution in [1.82, 2.24) is 10.6 Å². The van der Waals surface area contributed by atoms with Gasteiger partial charge in [0.2, 0.25) is 5.91 Å². The van der Waals surface area contributed by atoms with E-state index in [0.717, 1.165) is 11.1 Å². The number of nitro benzene ring substituents is 1. The Hall–Kier alpha value is -3.65. The summed E-state index contributed by atoms with van der Waals surface area (Å²) in [6.45, 7) is 0. The molecule has 0 aliphatic heterocycles. The normalized spacial score (nSPS) is 11.6. The lowest BCUT2D eigenvalue weighted by atomic mass is 9.98. The fraction of sp³-hybridized carbons (Fsp3) is 0.200. The summed E-state index contributed by atoms with van der Waals surface area (Å²) >= 11 is 1.57. The van der Waals surface area contributed by atoms with Crippen molar-refractivity contribution in [2.24, 2.45) is 0 Å². The number of hydrogen-bond acceptors (Lipinski definition) is 5. The van der Waals surface area contributed by atoms with E-state index in [4.69, 9.17) is 0 Å². The Balaban J connectivity index is 1.82. The quantitative estimate of drug-likeness (QED) is 0.344. The van der Waals surface area contributed by atoms with Gasteiger partial charge in [-0.3, -0.25) is 19.7 Å². The molecule has 3 aromatic carbocycles. The third-order valence-electron chi connectivity index (χ3n) is 5.10. The highest BCUT2D eigenvalue weighted by Gasteiger charge is 2.25. The molecule has 0 saturated heterocycles. The molecule has 3 rings (SSSR count). The topological polar surface area (TPSA) is 101 Å². The Bertz CT molecular complexity index is 1050. The monoisotopic (exact) mass is 463 g/mol. The lowest BCUT2D eigenvalue weighted by Gasteiger charge is -2.24. The van der Waals surface area contributed by atoms with Crippen LogP contribution in [0.5, 0.6) is 0 Å². The number of nitrogens with zero attached hydrogens (tertiary/aromatic N) is 1. The van der Waals surface area contributed by atoms with Gasteiger partial charge in [0.25, 0.3) is 11.6 Å². The predicted octanol–water partition coefficient (Wildman–Crippen LogP) is 4.35. The van der Waals surface area contributed by atoms with Crippen molar-refractivity contribution < 1.29 is 14.5 Å². The van der Waals surface area contributed by atoms with Crippen LogP contribution in [0.2, 0.25) is 0 Å². The van der Waals surface area contributed by atoms with E-state index in [1.807, 2.05) is 66.9 Å². The third-order valence-corrected chi connectivity index (χ3v) is 5.75. The minimum absolute atomic E-state index is 0.133. The van der Waals surface area contributed by atoms with Gasteiger partial charge in [0, 0.05) is 17.7 Å². The first-order valence-corrected chi connectivity index (χ1v) is 11.8. The highest BCUT2D eigenvalue weighted by atomic mass is 32.2. The number of non-ortho nitro benzene ring substituents is 1. The van der Waals surface area contributed by atoms with E-state index >= 15 is 0 Å². The maximum atomic E-state index is 13.3. The highest BCUT2D eigenvalue weighted by molar-refractivity contribution is 7.98. The molecule has 0 saturated carbocycles. The number of carbonyl (C=O) groups excluding carboxylic acids is 2. The Labute approximate surface area is 196 Å². The molecule has 0 aromatic heterocycles. The number of nitro groups is 1. The van der Waals surface area contributed by atoms with Gasteiger partial charge < -0.3 is 10.6 Å². The molecular formula is C25H25N3O4S. The number of thioether (sulfide) groups is 1. The molecule has 7 nitrogen and oxygen atoms in total. The van der Waals surface area contributed by atoms with Gasteiger partial charge in [0.15, 0.2) is 0 Å². The highest BCUT2D eigenvalue weighted by Crippen LogP contribution is 2.22. The van der Waals surface area contributed by atoms with E-state index in [1.165, 1.54) is 24.3 Å². The van der Waals surface area contributed by atoms with E-state index in [-0.39, 0.29) is 23.2 Å². The van der Waals surface area contributed by atoms with Crippen LogP contribution in [0.1, 0.15) is 33.9 Å². The first-order valence-electron chi connectivity index (χ1n) is 10.4. The molecule has 8 heteroatoms. The van der Waals surface area contributed by atoms with Gasteiger partial charge in [-0.25, -0.2) is 0 Å². The van der Waals surface area contributed by atoms with Crippen LogP contribution < -0.4 is 10.6 Å². The minimum Gasteiger partial charge on any atom is -0.343 e. The number of carbonyl (C=O) groups is 2. The van der Waals surface area contributed by atoms with Gasteiger partial charge in [0.05, 0.1) is 11.0 Å². The van der Waals surface area contributed by atoms with Crippen molar-refractivity contribution in [1.29, 1.82) is 0 Å². The number of hydrogen-bond donors (Lipinski definition) is 2. The van der Waals surface area contributed by atoms with E-state index in [2.05, 4.69) is 10.6 Å². The number of nitrogens with one attached hydrogen (secondary N) is 2. The van der Waals surface area contributed by atoms with Crippen molar-refractivity contribution in [2.75, 3.05) is 12.0 Å². The fourth-order valence-electron chi connectivity index (χ4n) is 3.40. The molecule has 1 unspecified atom stereocenters. The Morgan fingerprint density at radius 2 is 1.52 bits per heavy atom. The first kappa shape index (κ1) is 24.0. The lowest BCUT2D eigenvalue weighted by Crippen LogP contribution is -2.48. The van der Waals surface area contributed by atoms with Gasteiger partial charge >= 0.3 is 0 Å². The summed E-state index contributed by atoms with van der Waals surface area (Å²) < 4.78 is 0. The van der Waals surface area contributed by atoms with Crippen molar-refractivity contribution in [3.63, 3.8) is 0 Å². The summed E-state index contributed by atoms with van der Waals surface area (Å²) in [5, 5.41) is 16.9. The molecule has 1 atom stereocenters. The van der Waals surface area contributed by atoms with Gasteiger partial charge in [0.1, 0.15) is 6.04 Å². The van der Waals surface area contributed by atoms with E-state index < -0.39 is 16.9 Å². The maximum absolute atomic E-state index is 13.3. The fourth-order valence-corrected chi connectivity index (χ4v) is 3.87. The summed E-state index contributed by atoms with van der Waals surface area (Å²) in [5.41, 5.74) is 1.80. The van der Waals surface area contributed by atoms with Crippen LogP contribution in [-0.2, 0) is 4.79 Å². The maximum Gasteiger partial charge on any atom is 0.270 e. The molecule has 0 heterocycles. The summed E-state index contributed by atoms with van der Waals surface area (Å²) in [4.78, 5) is 36.6. The zero-order chi connectivity index (χ0) is 23.6. The Kier molecular flexibility index (Phi) is 8.60. The average Bonchev–Trinajstić information content (AvgIpc) is 2.85. The summed E-state index contributed by atoms with van der Waals surface area (Å²) in [7, 11) is 0. The standard InChI is InChI=1S/C25H25N3O4S/c1-33-16-15-22(26-24(29)20-13-8-14-21(17-20)28(31)32)25(30)27-23(18-9-4-2-5-10-18)19-11-6-3-7-12-19/h2-14,17,22-23H,15-16H2,1H3,(H,26,29)(H,27,30). The Morgan fingerprint density at radius 1 is 0.909 bits per heavy atom. The molecule has 0 bridgehead atoms. The van der Waals surface area contributed by atoms with Crippen LogP contribution in [0.15, 0.2) is 84.9 Å². The Morgan fingerprint density at radius 3 is 2.06 bits per heavy atom.